The van der Waals surface area contributed by atoms with Crippen LogP contribution in [0, 0.1) is 5.92 Å². The molecule has 0 atom stereocenters. The van der Waals surface area contributed by atoms with E-state index >= 15 is 0 Å². The Morgan fingerprint density at radius 2 is 1.88 bits per heavy atom. The van der Waals surface area contributed by atoms with Gasteiger partial charge in [0.05, 0.1) is 0 Å². The van der Waals surface area contributed by atoms with Crippen molar-refractivity contribution < 1.29 is 0 Å². The van der Waals surface area contributed by atoms with Crippen LogP contribution >= 0.6 is 0 Å². The molecule has 0 aromatic rings. The normalized spacial score (nSPS) is 17.5. The van der Waals surface area contributed by atoms with Crippen molar-refractivity contribution in [1.29, 1.82) is 0 Å². The maximum absolute atomic E-state index is 3.59. The summed E-state index contributed by atoms with van der Waals surface area (Å²) >= 11 is 0. The third kappa shape index (κ3) is 6.42. The van der Waals surface area contributed by atoms with Gasteiger partial charge in [-0.3, -0.25) is 4.90 Å². The summed E-state index contributed by atoms with van der Waals surface area (Å²) in [5.74, 6) is 0.849. The molecule has 1 saturated carbocycles. The molecule has 1 rings (SSSR count). The number of hydrogen-bond donors (Lipinski definition) is 1. The first-order valence-corrected chi connectivity index (χ1v) is 7.68. The van der Waals surface area contributed by atoms with Crippen molar-refractivity contribution in [3.05, 3.63) is 0 Å². The van der Waals surface area contributed by atoms with Crippen molar-refractivity contribution in [3.8, 4) is 0 Å². The maximum atomic E-state index is 3.59. The average molecular weight is 240 g/mol. The summed E-state index contributed by atoms with van der Waals surface area (Å²) in [4.78, 5) is 2.67. The van der Waals surface area contributed by atoms with Crippen LogP contribution in [0.5, 0.6) is 0 Å². The largest absolute Gasteiger partial charge is 0.315 e. The Morgan fingerprint density at radius 1 is 1.18 bits per heavy atom. The predicted molar refractivity (Wildman–Crippen MR) is 76.4 cm³/mol. The molecule has 0 saturated heterocycles. The molecule has 2 heteroatoms. The van der Waals surface area contributed by atoms with E-state index in [0.29, 0.717) is 0 Å². The second-order valence-electron chi connectivity index (χ2n) is 5.85. The molecular weight excluding hydrogens is 208 g/mol. The van der Waals surface area contributed by atoms with Gasteiger partial charge >= 0.3 is 0 Å². The van der Waals surface area contributed by atoms with Gasteiger partial charge in [0.25, 0.3) is 0 Å². The van der Waals surface area contributed by atoms with Crippen LogP contribution in [0.15, 0.2) is 0 Å². The van der Waals surface area contributed by atoms with Crippen molar-refractivity contribution in [2.24, 2.45) is 5.92 Å². The van der Waals surface area contributed by atoms with Gasteiger partial charge in [0.1, 0.15) is 0 Å². The number of nitrogens with one attached hydrogen (secondary N) is 1. The topological polar surface area (TPSA) is 15.3 Å². The standard InChI is InChI=1S/C15H32N2/c1-4-17(15-9-5-6-10-15)13-12-16-11-7-8-14(2)3/h14-16H,4-13H2,1-3H3. The van der Waals surface area contributed by atoms with Gasteiger partial charge in [-0.05, 0) is 44.7 Å². The van der Waals surface area contributed by atoms with E-state index in [0.717, 1.165) is 12.0 Å². The molecule has 1 fully saturated rings. The molecule has 0 heterocycles. The third-order valence-corrected chi connectivity index (χ3v) is 3.96. The number of rotatable bonds is 9. The summed E-state index contributed by atoms with van der Waals surface area (Å²) in [7, 11) is 0. The molecule has 0 aromatic heterocycles. The molecule has 1 N–H and O–H groups in total. The minimum atomic E-state index is 0.849. The zero-order valence-electron chi connectivity index (χ0n) is 12.2. The fourth-order valence-electron chi connectivity index (χ4n) is 2.85. The van der Waals surface area contributed by atoms with Gasteiger partial charge in [-0.2, -0.15) is 0 Å². The van der Waals surface area contributed by atoms with Crippen molar-refractivity contribution in [3.63, 3.8) is 0 Å². The third-order valence-electron chi connectivity index (χ3n) is 3.96. The van der Waals surface area contributed by atoms with Crippen molar-refractivity contribution >= 4 is 0 Å². The molecule has 0 radical (unpaired) electrons. The van der Waals surface area contributed by atoms with Crippen molar-refractivity contribution in [2.45, 2.75) is 65.3 Å². The van der Waals surface area contributed by atoms with Gasteiger partial charge in [-0.25, -0.2) is 0 Å². The van der Waals surface area contributed by atoms with E-state index in [1.165, 1.54) is 64.7 Å². The molecule has 0 aromatic carbocycles. The minimum Gasteiger partial charge on any atom is -0.315 e. The Hall–Kier alpha value is -0.0800. The van der Waals surface area contributed by atoms with Crippen LogP contribution < -0.4 is 5.32 Å². The average Bonchev–Trinajstić information content (AvgIpc) is 2.81. The van der Waals surface area contributed by atoms with Crippen LogP contribution in [0.4, 0.5) is 0 Å². The van der Waals surface area contributed by atoms with Crippen LogP contribution in [0.1, 0.15) is 59.3 Å². The molecule has 0 aliphatic heterocycles. The molecular formula is C15H32N2. The first kappa shape index (κ1) is 15.0. The lowest BCUT2D eigenvalue weighted by Gasteiger charge is -2.27. The lowest BCUT2D eigenvalue weighted by molar-refractivity contribution is 0.209. The molecule has 17 heavy (non-hydrogen) atoms. The van der Waals surface area contributed by atoms with Gasteiger partial charge in [-0.15, -0.1) is 0 Å². The van der Waals surface area contributed by atoms with E-state index in [-0.39, 0.29) is 0 Å². The minimum absolute atomic E-state index is 0.849. The Kier molecular flexibility index (Phi) is 7.87. The smallest absolute Gasteiger partial charge is 0.0110 e. The van der Waals surface area contributed by atoms with Crippen LogP contribution in [0.2, 0.25) is 0 Å². The van der Waals surface area contributed by atoms with E-state index in [1.807, 2.05) is 0 Å². The van der Waals surface area contributed by atoms with Crippen LogP contribution in [-0.2, 0) is 0 Å². The van der Waals surface area contributed by atoms with Crippen molar-refractivity contribution in [1.82, 2.24) is 10.2 Å². The molecule has 1 aliphatic carbocycles. The Labute approximate surface area is 108 Å². The second kappa shape index (κ2) is 8.93. The highest BCUT2D eigenvalue weighted by atomic mass is 15.2. The summed E-state index contributed by atoms with van der Waals surface area (Å²) in [5.41, 5.74) is 0. The Balaban J connectivity index is 1.99. The Morgan fingerprint density at radius 3 is 2.47 bits per heavy atom. The first-order chi connectivity index (χ1) is 8.24. The molecule has 0 amide bonds. The highest BCUT2D eigenvalue weighted by Crippen LogP contribution is 2.22. The van der Waals surface area contributed by atoms with Crippen LogP contribution in [0.25, 0.3) is 0 Å². The summed E-state index contributed by atoms with van der Waals surface area (Å²) < 4.78 is 0. The quantitative estimate of drug-likeness (QED) is 0.622. The number of hydrogen-bond acceptors (Lipinski definition) is 2. The van der Waals surface area contributed by atoms with Gasteiger partial charge in [-0.1, -0.05) is 33.6 Å². The van der Waals surface area contributed by atoms with E-state index in [4.69, 9.17) is 0 Å². The molecule has 1 aliphatic rings. The second-order valence-corrected chi connectivity index (χ2v) is 5.85. The van der Waals surface area contributed by atoms with E-state index < -0.39 is 0 Å². The molecule has 2 nitrogen and oxygen atoms in total. The fraction of sp³-hybridized carbons (Fsp3) is 1.00. The Bertz CT molecular complexity index is 174. The number of nitrogens with zero attached hydrogens (tertiary/aromatic N) is 1. The van der Waals surface area contributed by atoms with E-state index in [2.05, 4.69) is 31.0 Å². The van der Waals surface area contributed by atoms with Gasteiger partial charge in [0.15, 0.2) is 0 Å². The van der Waals surface area contributed by atoms with Crippen LogP contribution in [0.3, 0.4) is 0 Å². The van der Waals surface area contributed by atoms with Crippen LogP contribution in [-0.4, -0.2) is 37.1 Å². The van der Waals surface area contributed by atoms with Crippen molar-refractivity contribution in [2.75, 3.05) is 26.2 Å². The van der Waals surface area contributed by atoms with Gasteiger partial charge in [0, 0.05) is 19.1 Å². The lowest BCUT2D eigenvalue weighted by Crippen LogP contribution is -2.38. The fourth-order valence-corrected chi connectivity index (χ4v) is 2.85. The lowest BCUT2D eigenvalue weighted by atomic mass is 10.1. The molecule has 0 spiro atoms. The van der Waals surface area contributed by atoms with Gasteiger partial charge < -0.3 is 5.32 Å². The summed E-state index contributed by atoms with van der Waals surface area (Å²) in [6, 6.07) is 0.887. The zero-order chi connectivity index (χ0) is 12.5. The predicted octanol–water partition coefficient (Wildman–Crippen LogP) is 3.28. The summed E-state index contributed by atoms with van der Waals surface area (Å²) in [6.07, 6.45) is 8.44. The zero-order valence-corrected chi connectivity index (χ0v) is 12.2. The number of likely N-dealkylation sites (N-methyl/N-ethyl adjacent to an activating group) is 1. The first-order valence-electron chi connectivity index (χ1n) is 7.68. The summed E-state index contributed by atoms with van der Waals surface area (Å²) in [6.45, 7) is 11.7. The van der Waals surface area contributed by atoms with E-state index in [1.54, 1.807) is 0 Å². The summed E-state index contributed by atoms with van der Waals surface area (Å²) in [5, 5.41) is 3.59. The maximum Gasteiger partial charge on any atom is 0.0110 e. The highest BCUT2D eigenvalue weighted by molar-refractivity contribution is 4.77. The van der Waals surface area contributed by atoms with E-state index in [9.17, 15) is 0 Å². The highest BCUT2D eigenvalue weighted by Gasteiger charge is 2.20. The molecule has 0 unspecified atom stereocenters. The molecule has 0 bridgehead atoms. The SMILES string of the molecule is CCN(CCNCCCC(C)C)C1CCCC1. The molecule has 102 valence electrons. The van der Waals surface area contributed by atoms with Gasteiger partial charge in [0.2, 0.25) is 0 Å². The monoisotopic (exact) mass is 240 g/mol.